The second-order valence-corrected chi connectivity index (χ2v) is 10.5. The number of amides is 2. The molecule has 1 unspecified atom stereocenters. The van der Waals surface area contributed by atoms with Gasteiger partial charge in [-0.05, 0) is 86.7 Å². The van der Waals surface area contributed by atoms with Crippen LogP contribution in [-0.2, 0) is 16.0 Å². The number of benzene rings is 3. The molecule has 0 aliphatic carbocycles. The number of hydrogen-bond donors (Lipinski definition) is 1. The summed E-state index contributed by atoms with van der Waals surface area (Å²) >= 11 is 7.56. The average molecular weight is 516 g/mol. The van der Waals surface area contributed by atoms with Gasteiger partial charge in [0, 0.05) is 16.4 Å². The second kappa shape index (κ2) is 10.6. The molecule has 3 aromatic carbocycles. The van der Waals surface area contributed by atoms with E-state index < -0.39 is 11.2 Å². The van der Waals surface area contributed by atoms with Gasteiger partial charge in [-0.15, -0.1) is 0 Å². The van der Waals surface area contributed by atoms with Crippen molar-refractivity contribution in [3.63, 3.8) is 0 Å². The van der Waals surface area contributed by atoms with E-state index in [0.717, 1.165) is 27.8 Å². The lowest BCUT2D eigenvalue weighted by Gasteiger charge is -2.20. The first-order valence-electron chi connectivity index (χ1n) is 11.5. The van der Waals surface area contributed by atoms with Gasteiger partial charge in [-0.25, -0.2) is 0 Å². The van der Waals surface area contributed by atoms with E-state index >= 15 is 0 Å². The van der Waals surface area contributed by atoms with E-state index in [-0.39, 0.29) is 11.5 Å². The van der Waals surface area contributed by atoms with E-state index in [0.29, 0.717) is 27.8 Å². The van der Waals surface area contributed by atoms with E-state index in [4.69, 9.17) is 11.6 Å². The first kappa shape index (κ1) is 25.6. The Balaban J connectivity index is 1.74. The fourth-order valence-corrected chi connectivity index (χ4v) is 5.41. The van der Waals surface area contributed by atoms with Crippen LogP contribution >= 0.6 is 23.4 Å². The predicted molar refractivity (Wildman–Crippen MR) is 147 cm³/mol. The van der Waals surface area contributed by atoms with Crippen LogP contribution in [0.3, 0.4) is 0 Å². The van der Waals surface area contributed by atoms with Crippen LogP contribution < -0.4 is 10.2 Å². The van der Waals surface area contributed by atoms with Crippen molar-refractivity contribution < 1.29 is 9.59 Å². The number of thioether (sulfide) groups is 1. The molecule has 0 saturated carbocycles. The highest BCUT2D eigenvalue weighted by Gasteiger charge is 2.41. The molecule has 182 valence electrons. The number of nitriles is 1. The van der Waals surface area contributed by atoms with Gasteiger partial charge in [0.15, 0.2) is 0 Å². The van der Waals surface area contributed by atoms with Crippen molar-refractivity contribution in [1.29, 1.82) is 5.26 Å². The molecule has 3 aromatic rings. The maximum Gasteiger partial charge on any atom is 0.269 e. The number of halogens is 1. The van der Waals surface area contributed by atoms with Crippen molar-refractivity contribution in [2.24, 2.45) is 0 Å². The normalized spacial score (nSPS) is 16.6. The summed E-state index contributed by atoms with van der Waals surface area (Å²) in [6.45, 7) is 7.85. The summed E-state index contributed by atoms with van der Waals surface area (Å²) in [6.07, 6.45) is 0.423. The third-order valence-corrected chi connectivity index (χ3v) is 7.89. The largest absolute Gasteiger partial charge is 0.321 e. The SMILES string of the molecule is Cc1ccc(NC(=O)/C(C#N)=C2\SC(Cc3ccc(C)c(Cl)c3)C(=O)N2c2ccc(C)c(C)c2)cc1. The molecule has 1 atom stereocenters. The summed E-state index contributed by atoms with van der Waals surface area (Å²) in [5, 5.41) is 13.3. The summed E-state index contributed by atoms with van der Waals surface area (Å²) in [4.78, 5) is 28.4. The van der Waals surface area contributed by atoms with Gasteiger partial charge in [0.2, 0.25) is 5.91 Å². The molecule has 1 aliphatic rings. The number of nitrogens with zero attached hydrogens (tertiary/aromatic N) is 2. The summed E-state index contributed by atoms with van der Waals surface area (Å²) in [7, 11) is 0. The highest BCUT2D eigenvalue weighted by atomic mass is 35.5. The maximum absolute atomic E-state index is 13.7. The van der Waals surface area contributed by atoms with Crippen LogP contribution in [0, 0.1) is 39.0 Å². The topological polar surface area (TPSA) is 73.2 Å². The zero-order valence-corrected chi connectivity index (χ0v) is 22.1. The molecule has 5 nitrogen and oxygen atoms in total. The highest BCUT2D eigenvalue weighted by Crippen LogP contribution is 2.42. The Hall–Kier alpha value is -3.53. The molecule has 1 heterocycles. The van der Waals surface area contributed by atoms with Crippen molar-refractivity contribution in [2.45, 2.75) is 39.4 Å². The van der Waals surface area contributed by atoms with Gasteiger partial charge < -0.3 is 5.32 Å². The van der Waals surface area contributed by atoms with Crippen molar-refractivity contribution in [3.8, 4) is 6.07 Å². The number of carbonyl (C=O) groups is 2. The first-order chi connectivity index (χ1) is 17.2. The van der Waals surface area contributed by atoms with Gasteiger partial charge in [0.05, 0.1) is 5.25 Å². The molecule has 1 saturated heterocycles. The molecule has 36 heavy (non-hydrogen) atoms. The van der Waals surface area contributed by atoms with Crippen LogP contribution in [0.5, 0.6) is 0 Å². The lowest BCUT2D eigenvalue weighted by atomic mass is 10.1. The molecular formula is C29H26ClN3O2S. The number of rotatable bonds is 5. The van der Waals surface area contributed by atoms with E-state index in [2.05, 4.69) is 11.4 Å². The van der Waals surface area contributed by atoms with Crippen molar-refractivity contribution >= 4 is 46.6 Å². The lowest BCUT2D eigenvalue weighted by Crippen LogP contribution is -2.31. The quantitative estimate of drug-likeness (QED) is 0.305. The first-order valence-corrected chi connectivity index (χ1v) is 12.8. The Kier molecular flexibility index (Phi) is 7.53. The molecular weight excluding hydrogens is 490 g/mol. The van der Waals surface area contributed by atoms with Crippen LogP contribution in [0.1, 0.15) is 27.8 Å². The molecule has 0 aromatic heterocycles. The van der Waals surface area contributed by atoms with Crippen molar-refractivity contribution in [1.82, 2.24) is 0 Å². The van der Waals surface area contributed by atoms with Gasteiger partial charge in [-0.3, -0.25) is 14.5 Å². The number of carbonyl (C=O) groups excluding carboxylic acids is 2. The molecule has 2 amide bonds. The third kappa shape index (κ3) is 5.33. The molecule has 0 spiro atoms. The van der Waals surface area contributed by atoms with E-state index in [1.807, 2.05) is 76.2 Å². The van der Waals surface area contributed by atoms with Crippen LogP contribution in [0.25, 0.3) is 0 Å². The Labute approximate surface area is 220 Å². The van der Waals surface area contributed by atoms with Crippen LogP contribution in [-0.4, -0.2) is 17.1 Å². The number of hydrogen-bond acceptors (Lipinski definition) is 4. The van der Waals surface area contributed by atoms with Gasteiger partial charge in [0.1, 0.15) is 16.7 Å². The number of nitrogens with one attached hydrogen (secondary N) is 1. The zero-order valence-electron chi connectivity index (χ0n) is 20.6. The molecule has 4 rings (SSSR count). The molecule has 0 bridgehead atoms. The summed E-state index contributed by atoms with van der Waals surface area (Å²) < 4.78 is 0. The predicted octanol–water partition coefficient (Wildman–Crippen LogP) is 6.64. The second-order valence-electron chi connectivity index (χ2n) is 8.95. The average Bonchev–Trinajstić information content (AvgIpc) is 3.15. The third-order valence-electron chi connectivity index (χ3n) is 6.22. The van der Waals surface area contributed by atoms with Crippen molar-refractivity contribution in [2.75, 3.05) is 10.2 Å². The standard InChI is InChI=1S/C29H26ClN3O2S/c1-17-5-10-22(11-6-17)32-27(34)24(16-31)29-33(23-12-8-18(2)20(4)13-23)28(35)26(36-29)15-21-9-7-19(3)25(30)14-21/h5-14,26H,15H2,1-4H3,(H,32,34)/b29-24-. The lowest BCUT2D eigenvalue weighted by molar-refractivity contribution is -0.117. The Morgan fingerprint density at radius 1 is 1.00 bits per heavy atom. The number of aryl methyl sites for hydroxylation is 4. The van der Waals surface area contributed by atoms with Gasteiger partial charge in [-0.1, -0.05) is 59.3 Å². The molecule has 7 heteroatoms. The summed E-state index contributed by atoms with van der Waals surface area (Å²) in [5.74, 6) is -0.727. The fourth-order valence-electron chi connectivity index (χ4n) is 3.89. The van der Waals surface area contributed by atoms with Crippen LogP contribution in [0.2, 0.25) is 5.02 Å². The Morgan fingerprint density at radius 3 is 2.33 bits per heavy atom. The van der Waals surface area contributed by atoms with E-state index in [1.54, 1.807) is 12.1 Å². The maximum atomic E-state index is 13.7. The number of anilines is 2. The minimum absolute atomic E-state index is 0.100. The minimum atomic E-state index is -0.551. The molecule has 1 N–H and O–H groups in total. The summed E-state index contributed by atoms with van der Waals surface area (Å²) in [6, 6.07) is 20.8. The summed E-state index contributed by atoms with van der Waals surface area (Å²) in [5.41, 5.74) is 6.15. The van der Waals surface area contributed by atoms with Crippen molar-refractivity contribution in [3.05, 3.63) is 104 Å². The van der Waals surface area contributed by atoms with Gasteiger partial charge in [-0.2, -0.15) is 5.26 Å². The smallest absolute Gasteiger partial charge is 0.269 e. The van der Waals surface area contributed by atoms with Gasteiger partial charge >= 0.3 is 0 Å². The van der Waals surface area contributed by atoms with E-state index in [1.165, 1.54) is 16.7 Å². The highest BCUT2D eigenvalue weighted by molar-refractivity contribution is 8.05. The molecule has 1 fully saturated rings. The fraction of sp³-hybridized carbons (Fsp3) is 0.207. The minimum Gasteiger partial charge on any atom is -0.321 e. The molecule has 1 aliphatic heterocycles. The van der Waals surface area contributed by atoms with E-state index in [9.17, 15) is 14.9 Å². The Bertz CT molecular complexity index is 1420. The van der Waals surface area contributed by atoms with Crippen LogP contribution in [0.15, 0.2) is 71.3 Å². The zero-order chi connectivity index (χ0) is 26.0. The monoisotopic (exact) mass is 515 g/mol. The molecule has 0 radical (unpaired) electrons. The van der Waals surface area contributed by atoms with Gasteiger partial charge in [0.25, 0.3) is 5.91 Å². The van der Waals surface area contributed by atoms with Crippen LogP contribution in [0.4, 0.5) is 11.4 Å². The Morgan fingerprint density at radius 2 is 1.69 bits per heavy atom.